The number of carboxylic acids is 3. The molecule has 2 rings (SSSR count). The van der Waals surface area contributed by atoms with Gasteiger partial charge in [0.25, 0.3) is 0 Å². The van der Waals surface area contributed by atoms with Crippen LogP contribution in [0, 0.1) is 0 Å². The number of carboxylic acid groups (broad SMARTS) is 3. The minimum absolute atomic E-state index is 0.00547. The molecule has 0 aliphatic carbocycles. The largest absolute Gasteiger partial charge is 0.478 e. The van der Waals surface area contributed by atoms with Gasteiger partial charge in [-0.3, -0.25) is 0 Å². The number of aliphatic hydroxyl groups excluding tert-OH is 1. The fourth-order valence-electron chi connectivity index (χ4n) is 3.90. The molecule has 1 unspecified atom stereocenters. The van der Waals surface area contributed by atoms with Crippen molar-refractivity contribution in [3.63, 3.8) is 0 Å². The van der Waals surface area contributed by atoms with Gasteiger partial charge in [-0.1, -0.05) is 0 Å². The van der Waals surface area contributed by atoms with E-state index in [1.807, 2.05) is 0 Å². The Morgan fingerprint density at radius 1 is 0.848 bits per heavy atom. The number of carbonyl (C=O) groups is 4. The number of aliphatic hydroxyl groups is 1. The normalized spacial score (nSPS) is 17.8. The van der Waals surface area contributed by atoms with Gasteiger partial charge < -0.3 is 35.4 Å². The van der Waals surface area contributed by atoms with Crippen LogP contribution in [0.5, 0.6) is 0 Å². The number of aliphatic carboxylic acids is 3. The highest BCUT2D eigenvalue weighted by Crippen LogP contribution is 2.35. The third kappa shape index (κ3) is 5.43. The molecule has 2 aliphatic heterocycles. The van der Waals surface area contributed by atoms with E-state index in [1.165, 1.54) is 18.7 Å². The zero-order valence-corrected chi connectivity index (χ0v) is 18.9. The number of nitrogens with zero attached hydrogens (tertiary/aromatic N) is 1. The van der Waals surface area contributed by atoms with Crippen molar-refractivity contribution >= 4 is 23.9 Å². The van der Waals surface area contributed by atoms with E-state index in [9.17, 15) is 39.6 Å². The highest BCUT2D eigenvalue weighted by molar-refractivity contribution is 5.96. The molecule has 0 fully saturated rings. The van der Waals surface area contributed by atoms with Gasteiger partial charge in [0.1, 0.15) is 0 Å². The van der Waals surface area contributed by atoms with E-state index >= 15 is 0 Å². The summed E-state index contributed by atoms with van der Waals surface area (Å²) in [6.07, 6.45) is -1.31. The molecule has 0 spiro atoms. The Balaban J connectivity index is 2.46. The van der Waals surface area contributed by atoms with Crippen LogP contribution >= 0.6 is 0 Å². The average molecular weight is 464 g/mol. The zero-order chi connectivity index (χ0) is 25.0. The fraction of sp³-hybridized carbons (Fsp3) is 0.455. The molecule has 180 valence electrons. The van der Waals surface area contributed by atoms with E-state index in [4.69, 9.17) is 4.74 Å². The highest BCUT2D eigenvalue weighted by atomic mass is 16.6. The van der Waals surface area contributed by atoms with E-state index in [-0.39, 0.29) is 66.0 Å². The van der Waals surface area contributed by atoms with Crippen molar-refractivity contribution in [1.82, 2.24) is 10.2 Å². The van der Waals surface area contributed by atoms with Crippen molar-refractivity contribution in [3.05, 3.63) is 45.1 Å². The summed E-state index contributed by atoms with van der Waals surface area (Å²) in [5, 5.41) is 40.7. The maximum atomic E-state index is 13.1. The minimum Gasteiger partial charge on any atom is -0.478 e. The van der Waals surface area contributed by atoms with Gasteiger partial charge in [-0.05, 0) is 34.1 Å². The monoisotopic (exact) mass is 464 g/mol. The number of hydrogen-bond acceptors (Lipinski definition) is 8. The second-order valence-corrected chi connectivity index (χ2v) is 7.82. The molecule has 1 atom stereocenters. The molecule has 5 N–H and O–H groups in total. The lowest BCUT2D eigenvalue weighted by Gasteiger charge is -2.38. The summed E-state index contributed by atoms with van der Waals surface area (Å²) < 4.78 is 5.67. The highest BCUT2D eigenvalue weighted by Gasteiger charge is 2.36. The minimum atomic E-state index is -1.29. The van der Waals surface area contributed by atoms with Gasteiger partial charge in [-0.2, -0.15) is 0 Å². The molecule has 33 heavy (non-hydrogen) atoms. The average Bonchev–Trinajstić information content (AvgIpc) is 2.70. The Morgan fingerprint density at radius 3 is 1.76 bits per heavy atom. The van der Waals surface area contributed by atoms with Crippen molar-refractivity contribution in [3.8, 4) is 0 Å². The molecule has 2 heterocycles. The molecule has 0 aromatic rings. The predicted molar refractivity (Wildman–Crippen MR) is 114 cm³/mol. The molecule has 0 saturated heterocycles. The summed E-state index contributed by atoms with van der Waals surface area (Å²) in [5.41, 5.74) is 1.05. The van der Waals surface area contributed by atoms with Crippen LogP contribution in [0.4, 0.5) is 0 Å². The number of ether oxygens (including phenoxy) is 1. The van der Waals surface area contributed by atoms with E-state index in [1.54, 1.807) is 13.8 Å². The van der Waals surface area contributed by atoms with Crippen molar-refractivity contribution < 1.29 is 44.3 Å². The number of nitrogens with one attached hydrogen (secondary N) is 1. The Morgan fingerprint density at radius 2 is 1.30 bits per heavy atom. The van der Waals surface area contributed by atoms with Crippen LogP contribution in [0.2, 0.25) is 0 Å². The third-order valence-electron chi connectivity index (χ3n) is 5.74. The predicted octanol–water partition coefficient (Wildman–Crippen LogP) is 1.68. The van der Waals surface area contributed by atoms with Crippen molar-refractivity contribution in [1.29, 1.82) is 0 Å². The molecular formula is C22H28N2O9. The second kappa shape index (κ2) is 10.3. The molecule has 11 nitrogen and oxygen atoms in total. The van der Waals surface area contributed by atoms with Crippen LogP contribution in [0.25, 0.3) is 0 Å². The molecule has 0 aromatic heterocycles. The molecule has 0 aromatic carbocycles. The van der Waals surface area contributed by atoms with Crippen LogP contribution < -0.4 is 5.32 Å². The molecular weight excluding hydrogens is 436 g/mol. The first-order valence-electron chi connectivity index (χ1n) is 10.3. The third-order valence-corrected chi connectivity index (χ3v) is 5.74. The van der Waals surface area contributed by atoms with E-state index < -0.39 is 30.1 Å². The summed E-state index contributed by atoms with van der Waals surface area (Å²) in [6, 6.07) is 0. The molecule has 0 saturated carbocycles. The molecule has 0 radical (unpaired) electrons. The zero-order valence-electron chi connectivity index (χ0n) is 18.9. The van der Waals surface area contributed by atoms with Gasteiger partial charge in [0.05, 0.1) is 22.3 Å². The maximum absolute atomic E-state index is 13.1. The van der Waals surface area contributed by atoms with Gasteiger partial charge in [0.15, 0.2) is 6.23 Å². The van der Waals surface area contributed by atoms with Crippen LogP contribution in [-0.2, 0) is 23.9 Å². The Kier molecular flexibility index (Phi) is 8.04. The Labute approximate surface area is 190 Å². The molecule has 0 amide bonds. The maximum Gasteiger partial charge on any atom is 0.338 e. The van der Waals surface area contributed by atoms with Crippen LogP contribution in [0.1, 0.15) is 53.4 Å². The van der Waals surface area contributed by atoms with E-state index in [0.717, 1.165) is 0 Å². The topological polar surface area (TPSA) is 174 Å². The number of dihydropyridines is 1. The van der Waals surface area contributed by atoms with E-state index in [2.05, 4.69) is 5.32 Å². The summed E-state index contributed by atoms with van der Waals surface area (Å²) >= 11 is 0. The Bertz CT molecular complexity index is 981. The number of hydrogen-bond donors (Lipinski definition) is 5. The van der Waals surface area contributed by atoms with E-state index in [0.29, 0.717) is 11.4 Å². The molecule has 0 bridgehead atoms. The lowest BCUT2D eigenvalue weighted by molar-refractivity contribution is -0.152. The number of rotatable bonds is 9. The summed E-state index contributed by atoms with van der Waals surface area (Å²) in [5.74, 6) is -4.59. The van der Waals surface area contributed by atoms with Crippen LogP contribution in [-0.4, -0.2) is 62.0 Å². The van der Waals surface area contributed by atoms with Gasteiger partial charge >= 0.3 is 23.9 Å². The lowest BCUT2D eigenvalue weighted by atomic mass is 9.95. The van der Waals surface area contributed by atoms with Crippen molar-refractivity contribution in [2.45, 2.75) is 59.6 Å². The quantitative estimate of drug-likeness (QED) is 0.314. The molecule has 11 heteroatoms. The second-order valence-electron chi connectivity index (χ2n) is 7.82. The smallest absolute Gasteiger partial charge is 0.338 e. The van der Waals surface area contributed by atoms with Crippen molar-refractivity contribution in [2.75, 3.05) is 6.61 Å². The Hall–Kier alpha value is -3.60. The lowest BCUT2D eigenvalue weighted by Crippen LogP contribution is -2.41. The van der Waals surface area contributed by atoms with Crippen molar-refractivity contribution in [2.24, 2.45) is 0 Å². The summed E-state index contributed by atoms with van der Waals surface area (Å²) in [7, 11) is 0. The van der Waals surface area contributed by atoms with Gasteiger partial charge in [-0.25, -0.2) is 19.2 Å². The molecule has 2 aliphatic rings. The first kappa shape index (κ1) is 25.7. The van der Waals surface area contributed by atoms with Gasteiger partial charge in [0.2, 0.25) is 0 Å². The standard InChI is InChI=1S/C22H28N2O9/c1-10-14(19(26)27)8-15(11(2)23-10)22(32)33-18(6-5-7-25)24-12(3)16(20(28)29)9-17(13(24)4)21(30)31/h18,23,25H,5-9H2,1-4H3,(H,26,27)(H,28,29)(H,30,31). The first-order valence-corrected chi connectivity index (χ1v) is 10.3. The number of esters is 1. The number of carbonyl (C=O) groups excluding carboxylic acids is 1. The summed E-state index contributed by atoms with van der Waals surface area (Å²) in [6.45, 7) is 5.93. The van der Waals surface area contributed by atoms with Crippen LogP contribution in [0.15, 0.2) is 45.1 Å². The summed E-state index contributed by atoms with van der Waals surface area (Å²) in [4.78, 5) is 49.4. The SMILES string of the molecule is CC1=C(C(=O)O)CC(C(=O)OC(CCCO)N2C(C)=C(C(=O)O)CC(C(=O)O)=C2C)=C(C)N1. The van der Waals surface area contributed by atoms with Crippen LogP contribution in [0.3, 0.4) is 0 Å². The fourth-order valence-corrected chi connectivity index (χ4v) is 3.90. The van der Waals surface area contributed by atoms with Gasteiger partial charge in [-0.15, -0.1) is 0 Å². The first-order chi connectivity index (χ1) is 15.4. The number of allylic oxidation sites excluding steroid dienone is 4. The van der Waals surface area contributed by atoms with Gasteiger partial charge in [0, 0.05) is 48.7 Å².